The highest BCUT2D eigenvalue weighted by molar-refractivity contribution is 5.95. The van der Waals surface area contributed by atoms with Gasteiger partial charge >= 0.3 is 0 Å². The van der Waals surface area contributed by atoms with Crippen LogP contribution in [0.5, 0.6) is 0 Å². The van der Waals surface area contributed by atoms with E-state index in [-0.39, 0.29) is 17.6 Å². The second kappa shape index (κ2) is 9.85. The molecule has 10 heteroatoms. The quantitative estimate of drug-likeness (QED) is 0.573. The molecule has 37 heavy (non-hydrogen) atoms. The first kappa shape index (κ1) is 24.0. The van der Waals surface area contributed by atoms with Crippen LogP contribution in [0.15, 0.2) is 36.4 Å². The average Bonchev–Trinajstić information content (AvgIpc) is 3.39. The van der Waals surface area contributed by atoms with Crippen LogP contribution >= 0.6 is 0 Å². The van der Waals surface area contributed by atoms with E-state index in [4.69, 9.17) is 29.2 Å². The van der Waals surface area contributed by atoms with Crippen LogP contribution < -0.4 is 15.1 Å². The number of nitrogens with one attached hydrogen (secondary N) is 1. The number of benzene rings is 1. The lowest BCUT2D eigenvalue weighted by molar-refractivity contribution is -0.0583. The summed E-state index contributed by atoms with van der Waals surface area (Å²) in [6.07, 6.45) is 0.870. The first-order valence-corrected chi connectivity index (χ1v) is 12.9. The van der Waals surface area contributed by atoms with E-state index in [9.17, 15) is 4.79 Å². The molecule has 1 aromatic carbocycles. The van der Waals surface area contributed by atoms with Crippen molar-refractivity contribution in [2.75, 3.05) is 69.5 Å². The summed E-state index contributed by atoms with van der Waals surface area (Å²) in [5.74, 6) is 1.39. The first-order chi connectivity index (χ1) is 18.0. The molecule has 1 amide bonds. The maximum atomic E-state index is 12.2. The zero-order valence-electron chi connectivity index (χ0n) is 21.3. The number of fused-ring (bicyclic) bond motifs is 1. The zero-order chi connectivity index (χ0) is 25.4. The van der Waals surface area contributed by atoms with Crippen LogP contribution in [0.1, 0.15) is 23.7 Å². The fourth-order valence-corrected chi connectivity index (χ4v) is 5.35. The van der Waals surface area contributed by atoms with Crippen LogP contribution in [0.25, 0.3) is 22.3 Å². The molecule has 0 bridgehead atoms. The number of amides is 1. The van der Waals surface area contributed by atoms with Gasteiger partial charge in [0.2, 0.25) is 5.95 Å². The van der Waals surface area contributed by atoms with E-state index in [1.807, 2.05) is 30.3 Å². The molecule has 2 aromatic heterocycles. The Bertz CT molecular complexity index is 1310. The summed E-state index contributed by atoms with van der Waals surface area (Å²) in [5.41, 5.74) is 2.53. The van der Waals surface area contributed by atoms with E-state index in [2.05, 4.69) is 22.0 Å². The molecule has 3 aliphatic rings. The molecule has 0 aliphatic carbocycles. The van der Waals surface area contributed by atoms with Gasteiger partial charge in [-0.2, -0.15) is 9.97 Å². The molecule has 1 N–H and O–H groups in total. The summed E-state index contributed by atoms with van der Waals surface area (Å²) < 4.78 is 17.5. The largest absolute Gasteiger partial charge is 0.378 e. The number of ether oxygens (including phenoxy) is 3. The van der Waals surface area contributed by atoms with E-state index in [0.717, 1.165) is 35.4 Å². The zero-order valence-corrected chi connectivity index (χ0v) is 21.3. The lowest BCUT2D eigenvalue weighted by Gasteiger charge is -2.40. The standard InChI is InChI=1S/C27H32N6O4/c1-18-15-35-12-10-33(18)24-21-6-7-22(19-4-3-5-20(14-19)25(34)28-2)29-23(21)30-26(31-24)32-9-13-37-27(16-32)8-11-36-17-27/h3-7,14,18H,8-13,15-17H2,1-2H3,(H,28,34)/t18-,27-/m0/s1. The monoisotopic (exact) mass is 504 g/mol. The van der Waals surface area contributed by atoms with Crippen LogP contribution in [-0.2, 0) is 14.2 Å². The van der Waals surface area contributed by atoms with Crippen LogP contribution in [0, 0.1) is 0 Å². The third kappa shape index (κ3) is 4.60. The number of carbonyl (C=O) groups is 1. The SMILES string of the molecule is CNC(=O)c1cccc(-c2ccc3c(N4CCOC[C@@H]4C)nc(N4CCO[C@@]5(CCOC5)C4)nc3n2)c1. The van der Waals surface area contributed by atoms with Crippen LogP contribution in [0.4, 0.5) is 11.8 Å². The minimum absolute atomic E-state index is 0.131. The van der Waals surface area contributed by atoms with Gasteiger partial charge in [-0.15, -0.1) is 0 Å². The second-order valence-electron chi connectivity index (χ2n) is 9.95. The van der Waals surface area contributed by atoms with Gasteiger partial charge in [0.25, 0.3) is 5.91 Å². The number of pyridine rings is 1. The van der Waals surface area contributed by atoms with Gasteiger partial charge in [-0.25, -0.2) is 4.98 Å². The highest BCUT2D eigenvalue weighted by Gasteiger charge is 2.41. The molecule has 0 unspecified atom stereocenters. The van der Waals surface area contributed by atoms with Crippen molar-refractivity contribution in [3.63, 3.8) is 0 Å². The van der Waals surface area contributed by atoms with E-state index < -0.39 is 0 Å². The Morgan fingerprint density at radius 1 is 1.08 bits per heavy atom. The minimum atomic E-state index is -0.307. The number of aromatic nitrogens is 3. The molecule has 10 nitrogen and oxygen atoms in total. The molecular formula is C27H32N6O4. The number of anilines is 2. The highest BCUT2D eigenvalue weighted by atomic mass is 16.6. The van der Waals surface area contributed by atoms with Gasteiger partial charge in [0.15, 0.2) is 5.65 Å². The summed E-state index contributed by atoms with van der Waals surface area (Å²) >= 11 is 0. The Morgan fingerprint density at radius 2 is 2.00 bits per heavy atom. The van der Waals surface area contributed by atoms with E-state index >= 15 is 0 Å². The topological polar surface area (TPSA) is 102 Å². The summed E-state index contributed by atoms with van der Waals surface area (Å²) in [4.78, 5) is 31.7. The van der Waals surface area contributed by atoms with Crippen molar-refractivity contribution in [2.45, 2.75) is 25.0 Å². The highest BCUT2D eigenvalue weighted by Crippen LogP contribution is 2.33. The van der Waals surface area contributed by atoms with Crippen molar-refractivity contribution in [2.24, 2.45) is 0 Å². The van der Waals surface area contributed by atoms with E-state index in [0.29, 0.717) is 63.3 Å². The van der Waals surface area contributed by atoms with Gasteiger partial charge < -0.3 is 29.3 Å². The molecule has 0 saturated carbocycles. The molecule has 3 fully saturated rings. The molecule has 5 heterocycles. The van der Waals surface area contributed by atoms with Crippen molar-refractivity contribution in [3.05, 3.63) is 42.0 Å². The van der Waals surface area contributed by atoms with Crippen molar-refractivity contribution in [1.29, 1.82) is 0 Å². The van der Waals surface area contributed by atoms with Gasteiger partial charge in [0.05, 0.1) is 50.1 Å². The maximum Gasteiger partial charge on any atom is 0.251 e. The molecule has 3 aromatic rings. The fourth-order valence-electron chi connectivity index (χ4n) is 5.35. The molecule has 3 saturated heterocycles. The first-order valence-electron chi connectivity index (χ1n) is 12.9. The summed E-state index contributed by atoms with van der Waals surface area (Å²) in [6.45, 7) is 7.51. The Kier molecular flexibility index (Phi) is 6.39. The van der Waals surface area contributed by atoms with Gasteiger partial charge in [0, 0.05) is 44.3 Å². The van der Waals surface area contributed by atoms with Crippen molar-refractivity contribution in [3.8, 4) is 11.3 Å². The Hall–Kier alpha value is -3.34. The summed E-state index contributed by atoms with van der Waals surface area (Å²) in [5, 5.41) is 3.58. The van der Waals surface area contributed by atoms with E-state index in [1.165, 1.54) is 0 Å². The van der Waals surface area contributed by atoms with Gasteiger partial charge in [-0.1, -0.05) is 12.1 Å². The fraction of sp³-hybridized carbons (Fsp3) is 0.481. The normalized spacial score (nSPS) is 24.1. The average molecular weight is 505 g/mol. The van der Waals surface area contributed by atoms with Crippen molar-refractivity contribution in [1.82, 2.24) is 20.3 Å². The molecule has 1 spiro atoms. The van der Waals surface area contributed by atoms with E-state index in [1.54, 1.807) is 13.1 Å². The predicted octanol–water partition coefficient (Wildman–Crippen LogP) is 2.27. The summed E-state index contributed by atoms with van der Waals surface area (Å²) in [7, 11) is 1.63. The van der Waals surface area contributed by atoms with Crippen LogP contribution in [-0.4, -0.2) is 92.2 Å². The third-order valence-electron chi connectivity index (χ3n) is 7.41. The second-order valence-corrected chi connectivity index (χ2v) is 9.95. The van der Waals surface area contributed by atoms with Crippen LogP contribution in [0.2, 0.25) is 0 Å². The number of hydrogen-bond donors (Lipinski definition) is 1. The van der Waals surface area contributed by atoms with Crippen molar-refractivity contribution < 1.29 is 19.0 Å². The molecular weight excluding hydrogens is 472 g/mol. The number of hydrogen-bond acceptors (Lipinski definition) is 9. The van der Waals surface area contributed by atoms with Gasteiger partial charge in [-0.3, -0.25) is 4.79 Å². The Labute approximate surface area is 215 Å². The molecule has 3 aliphatic heterocycles. The Morgan fingerprint density at radius 3 is 2.81 bits per heavy atom. The molecule has 2 atom stereocenters. The van der Waals surface area contributed by atoms with Crippen molar-refractivity contribution >= 4 is 28.7 Å². The maximum absolute atomic E-state index is 12.2. The molecule has 194 valence electrons. The minimum Gasteiger partial charge on any atom is -0.378 e. The summed E-state index contributed by atoms with van der Waals surface area (Å²) in [6, 6.07) is 11.7. The third-order valence-corrected chi connectivity index (χ3v) is 7.41. The predicted molar refractivity (Wildman–Crippen MR) is 140 cm³/mol. The van der Waals surface area contributed by atoms with Crippen LogP contribution in [0.3, 0.4) is 0 Å². The number of nitrogens with zero attached hydrogens (tertiary/aromatic N) is 5. The lowest BCUT2D eigenvalue weighted by atomic mass is 10.0. The molecule has 6 rings (SSSR count). The van der Waals surface area contributed by atoms with Gasteiger partial charge in [-0.05, 0) is 31.2 Å². The van der Waals surface area contributed by atoms with Gasteiger partial charge in [0.1, 0.15) is 11.4 Å². The Balaban J connectivity index is 1.44. The number of rotatable bonds is 4. The number of morpholine rings is 2. The number of carbonyl (C=O) groups excluding carboxylic acids is 1. The smallest absolute Gasteiger partial charge is 0.251 e. The lowest BCUT2D eigenvalue weighted by Crippen LogP contribution is -2.53. The molecule has 0 radical (unpaired) electrons.